The first-order valence-electron chi connectivity index (χ1n) is 34.9. The Morgan fingerprint density at radius 2 is 1.04 bits per heavy atom. The fraction of sp³-hybridized carbons (Fsp3) is 0.646. The van der Waals surface area contributed by atoms with Gasteiger partial charge in [-0.15, -0.1) is 6.58 Å². The van der Waals surface area contributed by atoms with E-state index >= 15 is 0 Å². The van der Waals surface area contributed by atoms with Gasteiger partial charge in [0.15, 0.2) is 0 Å². The first kappa shape index (κ1) is 82.7. The van der Waals surface area contributed by atoms with E-state index in [9.17, 15) is 0 Å². The van der Waals surface area contributed by atoms with Crippen molar-refractivity contribution in [2.75, 3.05) is 19.6 Å². The predicted molar refractivity (Wildman–Crippen MR) is 396 cm³/mol. The number of nitrogens with zero attached hydrogens (tertiary/aromatic N) is 1. The molecule has 0 bridgehead atoms. The highest BCUT2D eigenvalue weighted by Gasteiger charge is 2.29. The average Bonchev–Trinajstić information content (AvgIpc) is 4.35. The largest absolute Gasteiger partial charge is 0.361 e. The van der Waals surface area contributed by atoms with Gasteiger partial charge in [-0.3, -0.25) is 0 Å². The summed E-state index contributed by atoms with van der Waals surface area (Å²) in [6, 6.07) is 13.0. The molecule has 2 aromatic carbocycles. The van der Waals surface area contributed by atoms with Crippen LogP contribution in [0.2, 0.25) is 0 Å². The van der Waals surface area contributed by atoms with Crippen LogP contribution in [0.4, 0.5) is 0 Å². The van der Waals surface area contributed by atoms with Gasteiger partial charge in [0.2, 0.25) is 0 Å². The Balaban J connectivity index is 0. The molecule has 5 heteroatoms. The van der Waals surface area contributed by atoms with Crippen LogP contribution in [0.1, 0.15) is 311 Å². The number of fused-ring (bicyclic) bond motifs is 2. The van der Waals surface area contributed by atoms with Crippen LogP contribution in [-0.2, 0) is 11.2 Å². The fourth-order valence-corrected chi connectivity index (χ4v) is 10.8. The third-order valence-corrected chi connectivity index (χ3v) is 16.9. The molecule has 0 radical (unpaired) electrons. The summed E-state index contributed by atoms with van der Waals surface area (Å²) in [5.41, 5.74) is 10.5. The Morgan fingerprint density at radius 3 is 1.54 bits per heavy atom. The molecule has 0 amide bonds. The summed E-state index contributed by atoms with van der Waals surface area (Å²) in [4.78, 5) is 9.40. The molecule has 1 fully saturated rings. The average molecular weight is 1190 g/mol. The number of likely N-dealkylation sites (tertiary alicyclic amines) is 1. The van der Waals surface area contributed by atoms with Gasteiger partial charge in [-0.2, -0.15) is 25.3 Å². The summed E-state index contributed by atoms with van der Waals surface area (Å²) in [5.74, 6) is 0.495. The molecule has 3 nitrogen and oxygen atoms in total. The lowest BCUT2D eigenvalue weighted by Crippen LogP contribution is -2.23. The molecule has 2 atom stereocenters. The minimum absolute atomic E-state index is 0.0929. The Kier molecular flexibility index (Phi) is 56.5. The Bertz CT molecular complexity index is 2240. The van der Waals surface area contributed by atoms with Crippen LogP contribution in [0.5, 0.6) is 0 Å². The lowest BCUT2D eigenvalue weighted by Gasteiger charge is -2.28. The van der Waals surface area contributed by atoms with E-state index in [1.165, 1.54) is 242 Å². The van der Waals surface area contributed by atoms with Crippen LogP contribution in [0.15, 0.2) is 122 Å². The number of aryl methyl sites for hydroxylation is 1. The molecule has 2 unspecified atom stereocenters. The molecule has 5 rings (SSSR count). The van der Waals surface area contributed by atoms with Crippen LogP contribution in [0, 0.1) is 12.8 Å². The summed E-state index contributed by atoms with van der Waals surface area (Å²) < 4.78 is -0.0929. The monoisotopic (exact) mass is 1190 g/mol. The van der Waals surface area contributed by atoms with Crippen molar-refractivity contribution in [3.8, 4) is 0 Å². The van der Waals surface area contributed by atoms with Crippen LogP contribution < -0.4 is 0 Å². The molecular formula is C79H137N3S2. The van der Waals surface area contributed by atoms with E-state index < -0.39 is 0 Å². The quantitative estimate of drug-likeness (QED) is 0.0204. The summed E-state index contributed by atoms with van der Waals surface area (Å²) >= 11 is 9.86. The van der Waals surface area contributed by atoms with Crippen molar-refractivity contribution >= 4 is 47.1 Å². The van der Waals surface area contributed by atoms with Crippen molar-refractivity contribution in [3.63, 3.8) is 0 Å². The highest BCUT2D eigenvalue weighted by molar-refractivity contribution is 7.81. The van der Waals surface area contributed by atoms with E-state index in [-0.39, 0.29) is 10.00 Å². The molecule has 2 N–H and O–H groups in total. The van der Waals surface area contributed by atoms with Crippen molar-refractivity contribution in [1.29, 1.82) is 0 Å². The molecule has 0 aliphatic carbocycles. The maximum absolute atomic E-state index is 5.02. The Hall–Kier alpha value is -3.38. The van der Waals surface area contributed by atoms with E-state index in [1.54, 1.807) is 0 Å². The van der Waals surface area contributed by atoms with Crippen LogP contribution in [0.3, 0.4) is 0 Å². The van der Waals surface area contributed by atoms with Gasteiger partial charge in [-0.25, -0.2) is 0 Å². The SMILES string of the molecule is C/C=C\CCCCC.C=C(C)CCCCCCC/C=C\C.C=C(CCCCCCC/C=C\C/C=C\CCCCC)Cc1cccc2[nH]cc(C(S)CN3CCCC3)c12.CC.CC.CCCCCC.Cc1cccc2[nH]cc(C(C)(S)C(C)C)c12. The van der Waals surface area contributed by atoms with Gasteiger partial charge in [0.05, 0.1) is 0 Å². The number of aromatic nitrogens is 2. The molecule has 84 heavy (non-hydrogen) atoms. The molecule has 4 aromatic rings. The minimum atomic E-state index is -0.0929. The van der Waals surface area contributed by atoms with Crippen molar-refractivity contribution in [1.82, 2.24) is 14.9 Å². The Morgan fingerprint density at radius 1 is 0.595 bits per heavy atom. The second-order valence-electron chi connectivity index (χ2n) is 23.6. The summed E-state index contributed by atoms with van der Waals surface area (Å²) in [5, 5.41) is 2.96. The first-order valence-corrected chi connectivity index (χ1v) is 35.8. The molecule has 0 saturated carbocycles. The standard InChI is InChI=1S/C34H52N2S.C14H19NS.C13H24.C8H16.C6H14.2C2H6/c1-3-4-5-6-7-8-9-10-11-12-13-14-15-16-17-21-29(2)26-30-22-20-23-32-34(30)31(27-35-32)33(37)28-36-24-18-19-25-36;1-9(2)14(4,16)11-8-15-12-7-5-6-10(3)13(11)12;1-4-5-6-7-8-9-10-11-12-13(2)3;1-3-5-7-8-6-4-2;1-3-5-6-4-2;2*1-2/h7-8,10-11,20,22-23,27,33,35,37H,2-6,9,12-19,21,24-26,28H2,1H3;5-9,15-16H,1-4H3;4-5H,2,6-12H2,1,3H3;3,5H,4,6-8H2,1-2H3;3-6H2,1-2H3;2*1-2H3/b8-7-,11-10-;;5-4-;5-3-;;;. The summed E-state index contributed by atoms with van der Waals surface area (Å²) in [7, 11) is 0. The second-order valence-corrected chi connectivity index (χ2v) is 25.2. The topological polar surface area (TPSA) is 34.8 Å². The molecule has 2 aromatic heterocycles. The van der Waals surface area contributed by atoms with Crippen LogP contribution in [0.25, 0.3) is 21.8 Å². The number of rotatable bonds is 36. The van der Waals surface area contributed by atoms with E-state index in [1.807, 2.05) is 27.7 Å². The van der Waals surface area contributed by atoms with Crippen LogP contribution >= 0.6 is 25.3 Å². The van der Waals surface area contributed by atoms with Gasteiger partial charge in [0.1, 0.15) is 0 Å². The smallest absolute Gasteiger partial charge is 0.0460 e. The first-order chi connectivity index (χ1) is 40.7. The van der Waals surface area contributed by atoms with Gasteiger partial charge < -0.3 is 14.9 Å². The molecule has 1 aliphatic rings. The number of aromatic amines is 2. The van der Waals surface area contributed by atoms with Crippen molar-refractivity contribution in [3.05, 3.63) is 144 Å². The minimum Gasteiger partial charge on any atom is -0.361 e. The molecular weight excluding hydrogens is 1060 g/mol. The molecule has 480 valence electrons. The summed E-state index contributed by atoms with van der Waals surface area (Å²) in [6.07, 6.45) is 61.5. The number of hydrogen-bond donors (Lipinski definition) is 4. The molecule has 1 aliphatic heterocycles. The molecule has 1 saturated heterocycles. The number of hydrogen-bond acceptors (Lipinski definition) is 3. The lowest BCUT2D eigenvalue weighted by atomic mass is 9.88. The Labute approximate surface area is 534 Å². The highest BCUT2D eigenvalue weighted by Crippen LogP contribution is 2.40. The van der Waals surface area contributed by atoms with Crippen molar-refractivity contribution in [2.24, 2.45) is 5.92 Å². The van der Waals surface area contributed by atoms with E-state index in [4.69, 9.17) is 25.3 Å². The van der Waals surface area contributed by atoms with Crippen molar-refractivity contribution < 1.29 is 0 Å². The summed E-state index contributed by atoms with van der Waals surface area (Å²) in [6.45, 7) is 43.8. The zero-order chi connectivity index (χ0) is 63.1. The van der Waals surface area contributed by atoms with Gasteiger partial charge in [-0.1, -0.05) is 250 Å². The number of allylic oxidation sites excluding steroid dienone is 10. The third kappa shape index (κ3) is 40.1. The van der Waals surface area contributed by atoms with E-state index in [0.717, 1.165) is 25.8 Å². The van der Waals surface area contributed by atoms with E-state index in [2.05, 4.69) is 202 Å². The molecule has 0 spiro atoms. The number of unbranched alkanes of at least 4 members (excludes halogenated alkanes) is 19. The van der Waals surface area contributed by atoms with Gasteiger partial charge in [-0.05, 0) is 191 Å². The fourth-order valence-electron chi connectivity index (χ4n) is 10.2. The number of benzene rings is 2. The third-order valence-electron chi connectivity index (χ3n) is 15.7. The zero-order valence-electron chi connectivity index (χ0n) is 58.0. The maximum atomic E-state index is 5.02. The number of nitrogens with one attached hydrogen (secondary N) is 2. The van der Waals surface area contributed by atoms with Gasteiger partial charge in [0.25, 0.3) is 0 Å². The zero-order valence-corrected chi connectivity index (χ0v) is 59.8. The normalized spacial score (nSPS) is 13.3. The van der Waals surface area contributed by atoms with Gasteiger partial charge >= 0.3 is 0 Å². The van der Waals surface area contributed by atoms with Crippen LogP contribution in [-0.4, -0.2) is 34.5 Å². The van der Waals surface area contributed by atoms with Gasteiger partial charge in [0, 0.05) is 50.7 Å². The number of thiol groups is 2. The maximum Gasteiger partial charge on any atom is 0.0460 e. The van der Waals surface area contributed by atoms with E-state index in [0.29, 0.717) is 5.92 Å². The predicted octanol–water partition coefficient (Wildman–Crippen LogP) is 27.1. The lowest BCUT2D eigenvalue weighted by molar-refractivity contribution is 0.341. The van der Waals surface area contributed by atoms with Crippen molar-refractivity contribution in [2.45, 2.75) is 306 Å². The highest BCUT2D eigenvalue weighted by atomic mass is 32.1. The number of H-pyrrole nitrogens is 2. The second kappa shape index (κ2) is 57.4. The molecule has 3 heterocycles.